The number of ketones is 1. The van der Waals surface area contributed by atoms with Crippen molar-refractivity contribution < 1.29 is 43.2 Å². The zero-order valence-electron chi connectivity index (χ0n) is 41.9. The fraction of sp³-hybridized carbons (Fsp3) is 0.633. The normalized spacial score (nSPS) is 31.5. The van der Waals surface area contributed by atoms with Crippen LogP contribution in [0, 0.1) is 17.8 Å². The number of amides is 1. The Morgan fingerprint density at radius 1 is 0.943 bits per heavy atom. The minimum absolute atomic E-state index is 0.0662. The van der Waals surface area contributed by atoms with Gasteiger partial charge in [0.1, 0.15) is 35.3 Å². The fourth-order valence-corrected chi connectivity index (χ4v) is 10.2. The molecule has 2 unspecified atom stereocenters. The number of aliphatic hydroxyl groups is 1. The third kappa shape index (κ3) is 11.9. The number of hydrogen-bond donors (Lipinski definition) is 4. The number of aryl methyl sites for hydroxylation is 1. The Bertz CT molecular complexity index is 2400. The van der Waals surface area contributed by atoms with Crippen molar-refractivity contribution in [3.63, 3.8) is 0 Å². The summed E-state index contributed by atoms with van der Waals surface area (Å²) in [5.41, 5.74) is 14.1. The Morgan fingerprint density at radius 2 is 1.66 bits per heavy atom. The molecule has 0 radical (unpaired) electrons. The average Bonchev–Trinajstić information content (AvgIpc) is 4.09. The Hall–Kier alpha value is -5.58. The van der Waals surface area contributed by atoms with Gasteiger partial charge in [0.05, 0.1) is 48.5 Å². The molecular formula is C49H72N12O9. The van der Waals surface area contributed by atoms with Crippen LogP contribution in [0.4, 0.5) is 16.3 Å². The maximum Gasteiger partial charge on any atom is 0.410 e. The number of fused-ring (bicyclic) bond motifs is 1. The number of carbonyl (C=O) groups is 3. The second-order valence-electron chi connectivity index (χ2n) is 19.8. The van der Waals surface area contributed by atoms with E-state index < -0.39 is 84.2 Å². The van der Waals surface area contributed by atoms with Crippen LogP contribution in [-0.4, -0.2) is 163 Å². The summed E-state index contributed by atoms with van der Waals surface area (Å²) in [7, 11) is 5.32. The Kier molecular flexibility index (Phi) is 16.9. The van der Waals surface area contributed by atoms with Gasteiger partial charge in [0, 0.05) is 49.5 Å². The number of nitrogen functional groups attached to an aromatic ring is 2. The summed E-state index contributed by atoms with van der Waals surface area (Å²) in [5.74, 6) is -3.06. The van der Waals surface area contributed by atoms with E-state index in [1.165, 1.54) is 6.92 Å². The number of nitrogens with one attached hydrogen (secondary N) is 1. The molecule has 4 aromatic rings. The van der Waals surface area contributed by atoms with Crippen LogP contribution in [-0.2, 0) is 46.4 Å². The number of hydrogen-bond acceptors (Lipinski definition) is 18. The number of nitrogens with two attached hydrogens (primary N) is 2. The van der Waals surface area contributed by atoms with Crippen molar-refractivity contribution in [2.75, 3.05) is 45.8 Å². The van der Waals surface area contributed by atoms with Crippen molar-refractivity contribution in [3.8, 4) is 22.6 Å². The standard InChI is InChI=1S/C49H72N12O9/c1-10-39-44-41(61(48(65)69-44)20-12-11-19-59-26-36(54-56-59)32-15-13-16-33(50)21-32)31(5)52-24-28(2)23-49(6,66-9)45(29(3)42(62)30(4)46(64)68-39)70-47-43(63)38(58(7)8)22-34(67-47)25-60-27-37(55-57-60)35-17-14-18-40(51)53-35/h13-18,21,26-31,34,38-39,41,43-45,47,52,63H,10-12,19-20,22-25,50H2,1-9H3,(H2,51,53)/t28-,29+,30-,31-,34+,38?,39-,41-,43?,44-,45-,47+,49-/m1/s1. The molecule has 3 fully saturated rings. The second-order valence-corrected chi connectivity index (χ2v) is 19.8. The number of unbranched alkanes of at least 4 members (excludes halogenated alkanes) is 1. The lowest BCUT2D eigenvalue weighted by Crippen LogP contribution is -2.59. The number of aliphatic hydroxyl groups excluding tert-OH is 1. The second kappa shape index (κ2) is 22.7. The fourth-order valence-electron chi connectivity index (χ4n) is 10.2. The van der Waals surface area contributed by atoms with Crippen molar-refractivity contribution in [3.05, 3.63) is 54.9 Å². The third-order valence-corrected chi connectivity index (χ3v) is 14.2. The van der Waals surface area contributed by atoms with E-state index in [2.05, 4.69) is 37.8 Å². The van der Waals surface area contributed by atoms with Gasteiger partial charge in [0.2, 0.25) is 0 Å². The van der Waals surface area contributed by atoms with Crippen molar-refractivity contribution in [2.24, 2.45) is 17.8 Å². The molecule has 0 saturated carbocycles. The molecule has 13 atom stereocenters. The summed E-state index contributed by atoms with van der Waals surface area (Å²) in [4.78, 5) is 50.5. The molecule has 3 saturated heterocycles. The van der Waals surface area contributed by atoms with Crippen LogP contribution in [0.25, 0.3) is 22.6 Å². The van der Waals surface area contributed by atoms with Crippen LogP contribution < -0.4 is 16.8 Å². The minimum atomic E-state index is -1.23. The molecule has 6 heterocycles. The predicted molar refractivity (Wildman–Crippen MR) is 259 cm³/mol. The molecular weight excluding hydrogens is 901 g/mol. The van der Waals surface area contributed by atoms with Crippen molar-refractivity contribution in [2.45, 2.75) is 147 Å². The number of pyridine rings is 1. The van der Waals surface area contributed by atoms with Gasteiger partial charge in [0.25, 0.3) is 0 Å². The first-order chi connectivity index (χ1) is 33.4. The first-order valence-corrected chi connectivity index (χ1v) is 24.4. The highest BCUT2D eigenvalue weighted by Gasteiger charge is 2.52. The molecule has 7 rings (SSSR count). The SMILES string of the molecule is CC[C@H]1OC(=O)[C@H](C)C(=O)[C@H](C)[C@@H](O[C@@H]2O[C@H](Cn3cc(-c4cccc(N)n4)nn3)CC(N(C)C)C2O)[C@](C)(OC)C[C@@H](C)CN[C@H](C)[C@@H]2[C@@H]1OC(=O)N2CCCCn1cc(-c2cccc(N)c2)nn1. The van der Waals surface area contributed by atoms with Gasteiger partial charge in [-0.3, -0.25) is 19.2 Å². The summed E-state index contributed by atoms with van der Waals surface area (Å²) >= 11 is 0. The molecule has 21 nitrogen and oxygen atoms in total. The van der Waals surface area contributed by atoms with Gasteiger partial charge in [-0.05, 0) is 104 Å². The molecule has 70 heavy (non-hydrogen) atoms. The lowest BCUT2D eigenvalue weighted by atomic mass is 9.78. The Balaban J connectivity index is 1.08. The summed E-state index contributed by atoms with van der Waals surface area (Å²) in [5, 5.41) is 32.8. The molecule has 21 heteroatoms. The largest absolute Gasteiger partial charge is 0.458 e. The van der Waals surface area contributed by atoms with E-state index in [0.717, 1.165) is 11.3 Å². The van der Waals surface area contributed by atoms with Crippen LogP contribution >= 0.6 is 0 Å². The van der Waals surface area contributed by atoms with E-state index in [0.29, 0.717) is 74.6 Å². The topological polar surface area (TPSA) is 262 Å². The molecule has 3 aliphatic rings. The minimum Gasteiger partial charge on any atom is -0.458 e. The van der Waals surface area contributed by atoms with E-state index in [1.807, 2.05) is 70.2 Å². The number of ether oxygens (including phenoxy) is 5. The zero-order valence-corrected chi connectivity index (χ0v) is 41.9. The van der Waals surface area contributed by atoms with Crippen LogP contribution in [0.3, 0.4) is 0 Å². The number of carbonyl (C=O) groups excluding carboxylic acids is 3. The van der Waals surface area contributed by atoms with Crippen LogP contribution in [0.1, 0.15) is 73.6 Å². The number of benzene rings is 1. The summed E-state index contributed by atoms with van der Waals surface area (Å²) < 4.78 is 35.5. The number of likely N-dealkylation sites (N-methyl/N-ethyl adjacent to an activating group) is 1. The van der Waals surface area contributed by atoms with E-state index in [4.69, 9.17) is 35.2 Å². The van der Waals surface area contributed by atoms with Gasteiger partial charge in [-0.2, -0.15) is 0 Å². The highest BCUT2D eigenvalue weighted by atomic mass is 16.7. The van der Waals surface area contributed by atoms with Crippen LogP contribution in [0.2, 0.25) is 0 Å². The number of cyclic esters (lactones) is 1. The lowest BCUT2D eigenvalue weighted by Gasteiger charge is -2.47. The number of methoxy groups -OCH3 is 1. The van der Waals surface area contributed by atoms with Gasteiger partial charge in [-0.1, -0.05) is 49.4 Å². The average molecular weight is 973 g/mol. The smallest absolute Gasteiger partial charge is 0.410 e. The van der Waals surface area contributed by atoms with Crippen LogP contribution in [0.15, 0.2) is 54.9 Å². The summed E-state index contributed by atoms with van der Waals surface area (Å²) in [6.45, 7) is 12.8. The predicted octanol–water partition coefficient (Wildman–Crippen LogP) is 3.81. The number of rotatable bonds is 14. The van der Waals surface area contributed by atoms with Gasteiger partial charge in [-0.25, -0.2) is 14.5 Å². The lowest BCUT2D eigenvalue weighted by molar-refractivity contribution is -0.299. The maximum absolute atomic E-state index is 14.6. The van der Waals surface area contributed by atoms with Gasteiger partial charge >= 0.3 is 12.1 Å². The van der Waals surface area contributed by atoms with E-state index in [9.17, 15) is 19.5 Å². The monoisotopic (exact) mass is 973 g/mol. The first kappa shape index (κ1) is 52.2. The van der Waals surface area contributed by atoms with Crippen LogP contribution in [0.5, 0.6) is 0 Å². The van der Waals surface area contributed by atoms with Crippen molar-refractivity contribution in [1.29, 1.82) is 0 Å². The number of esters is 1. The molecule has 0 bridgehead atoms. The number of anilines is 2. The van der Waals surface area contributed by atoms with Gasteiger partial charge in [-0.15, -0.1) is 10.2 Å². The van der Waals surface area contributed by atoms with Gasteiger partial charge < -0.3 is 50.5 Å². The highest BCUT2D eigenvalue weighted by molar-refractivity contribution is 6.00. The highest BCUT2D eigenvalue weighted by Crippen LogP contribution is 2.37. The molecule has 3 aromatic heterocycles. The van der Waals surface area contributed by atoms with Crippen molar-refractivity contribution >= 4 is 29.4 Å². The molecule has 3 aliphatic heterocycles. The van der Waals surface area contributed by atoms with Crippen molar-refractivity contribution in [1.82, 2.24) is 50.1 Å². The van der Waals surface area contributed by atoms with E-state index >= 15 is 0 Å². The summed E-state index contributed by atoms with van der Waals surface area (Å²) in [6.07, 6.45) is 0.194. The zero-order chi connectivity index (χ0) is 50.4. The van der Waals surface area contributed by atoms with E-state index in [1.54, 1.807) is 52.7 Å². The molecule has 0 aliphatic carbocycles. The third-order valence-electron chi connectivity index (χ3n) is 14.2. The Morgan fingerprint density at radius 3 is 2.37 bits per heavy atom. The number of aromatic nitrogens is 7. The molecule has 1 amide bonds. The van der Waals surface area contributed by atoms with Gasteiger partial charge in [0.15, 0.2) is 18.2 Å². The Labute approximate surface area is 409 Å². The quantitative estimate of drug-likeness (QED) is 0.0606. The molecule has 382 valence electrons. The van der Waals surface area contributed by atoms with E-state index in [-0.39, 0.29) is 18.5 Å². The molecule has 0 spiro atoms. The molecule has 1 aromatic carbocycles. The maximum atomic E-state index is 14.6. The molecule has 6 N–H and O–H groups in total. The number of nitrogens with zero attached hydrogens (tertiary/aromatic N) is 9. The number of Topliss-reactive ketones (excluding diaryl/α,β-unsaturated/α-hetero) is 1. The first-order valence-electron chi connectivity index (χ1n) is 24.4. The summed E-state index contributed by atoms with van der Waals surface area (Å²) in [6, 6.07) is 11.6.